The molecule has 0 radical (unpaired) electrons. The Balaban J connectivity index is 0.00000400. The number of halogens is 3. The molecule has 1 aromatic heterocycles. The van der Waals surface area contributed by atoms with E-state index in [0.717, 1.165) is 5.96 Å². The Labute approximate surface area is 141 Å². The molecule has 0 aromatic carbocycles. The molecule has 0 unspecified atom stereocenters. The summed E-state index contributed by atoms with van der Waals surface area (Å²) >= 11 is 0. The fraction of sp³-hybridized carbons (Fsp3) is 0.538. The molecular weight excluding hydrogens is 393 g/mol. The molecule has 0 amide bonds. The van der Waals surface area contributed by atoms with Crippen LogP contribution in [-0.2, 0) is 6.54 Å². The van der Waals surface area contributed by atoms with Crippen LogP contribution in [0.15, 0.2) is 23.3 Å². The predicted octanol–water partition coefficient (Wildman–Crippen LogP) is 2.32. The van der Waals surface area contributed by atoms with Crippen molar-refractivity contribution in [1.29, 1.82) is 0 Å². The number of aromatic nitrogens is 1. The van der Waals surface area contributed by atoms with Crippen LogP contribution < -0.4 is 4.74 Å². The van der Waals surface area contributed by atoms with Crippen LogP contribution in [0.5, 0.6) is 5.88 Å². The molecular formula is C13H21F2IN4O. The second kappa shape index (κ2) is 9.69. The summed E-state index contributed by atoms with van der Waals surface area (Å²) in [4.78, 5) is 12.2. The summed E-state index contributed by atoms with van der Waals surface area (Å²) in [5, 5.41) is 0. The van der Waals surface area contributed by atoms with Gasteiger partial charge < -0.3 is 14.5 Å². The van der Waals surface area contributed by atoms with E-state index in [-0.39, 0.29) is 29.9 Å². The Morgan fingerprint density at radius 1 is 1.29 bits per heavy atom. The lowest BCUT2D eigenvalue weighted by molar-refractivity contribution is 0.0791. The van der Waals surface area contributed by atoms with Crippen LogP contribution in [0.1, 0.15) is 5.56 Å². The van der Waals surface area contributed by atoms with Crippen LogP contribution in [0.2, 0.25) is 0 Å². The van der Waals surface area contributed by atoms with Crippen molar-refractivity contribution in [3.8, 4) is 5.88 Å². The van der Waals surface area contributed by atoms with E-state index in [2.05, 4.69) is 9.98 Å². The lowest BCUT2D eigenvalue weighted by Crippen LogP contribution is -2.35. The predicted molar refractivity (Wildman–Crippen MR) is 89.7 cm³/mol. The summed E-state index contributed by atoms with van der Waals surface area (Å²) in [5.41, 5.74) is 0.675. The van der Waals surface area contributed by atoms with Gasteiger partial charge in [0.2, 0.25) is 5.88 Å². The van der Waals surface area contributed by atoms with Gasteiger partial charge in [-0.15, -0.1) is 24.0 Å². The van der Waals surface area contributed by atoms with Crippen molar-refractivity contribution in [3.05, 3.63) is 23.9 Å². The fourth-order valence-corrected chi connectivity index (χ4v) is 1.66. The minimum Gasteiger partial charge on any atom is -0.471 e. The van der Waals surface area contributed by atoms with Gasteiger partial charge >= 0.3 is 0 Å². The van der Waals surface area contributed by atoms with Crippen LogP contribution in [0.3, 0.4) is 0 Å². The molecule has 0 aliphatic carbocycles. The molecule has 0 fully saturated rings. The summed E-state index contributed by atoms with van der Waals surface area (Å²) < 4.78 is 29.4. The van der Waals surface area contributed by atoms with E-state index in [0.29, 0.717) is 12.1 Å². The van der Waals surface area contributed by atoms with Crippen LogP contribution in [-0.4, -0.2) is 62.0 Å². The Bertz CT molecular complexity index is 446. The highest BCUT2D eigenvalue weighted by atomic mass is 127. The summed E-state index contributed by atoms with van der Waals surface area (Å²) in [6.45, 7) is -0.347. The third kappa shape index (κ3) is 6.87. The molecule has 1 rings (SSSR count). The highest BCUT2D eigenvalue weighted by Crippen LogP contribution is 2.16. The van der Waals surface area contributed by atoms with E-state index in [1.165, 1.54) is 6.20 Å². The van der Waals surface area contributed by atoms with Gasteiger partial charge in [0.1, 0.15) is 0 Å². The molecule has 21 heavy (non-hydrogen) atoms. The maximum absolute atomic E-state index is 12.2. The molecule has 0 aliphatic heterocycles. The Morgan fingerprint density at radius 2 is 1.90 bits per heavy atom. The zero-order valence-corrected chi connectivity index (χ0v) is 14.9. The van der Waals surface area contributed by atoms with Gasteiger partial charge in [0.05, 0.1) is 6.54 Å². The summed E-state index contributed by atoms with van der Waals surface area (Å²) in [7, 11) is 7.54. The van der Waals surface area contributed by atoms with E-state index in [4.69, 9.17) is 4.74 Å². The number of guanidine groups is 1. The van der Waals surface area contributed by atoms with Crippen molar-refractivity contribution >= 4 is 29.9 Å². The Morgan fingerprint density at radius 3 is 2.43 bits per heavy atom. The second-order valence-electron chi connectivity index (χ2n) is 4.57. The van der Waals surface area contributed by atoms with Gasteiger partial charge in [0, 0.05) is 40.0 Å². The summed E-state index contributed by atoms with van der Waals surface area (Å²) in [5.74, 6) is 0.974. The van der Waals surface area contributed by atoms with Gasteiger partial charge in [0.15, 0.2) is 12.6 Å². The van der Waals surface area contributed by atoms with Crippen molar-refractivity contribution in [1.82, 2.24) is 14.8 Å². The number of aliphatic imine (C=N–C) groups is 1. The van der Waals surface area contributed by atoms with Crippen molar-refractivity contribution in [2.24, 2.45) is 4.99 Å². The molecule has 0 N–H and O–H groups in total. The molecule has 0 aliphatic rings. The topological polar surface area (TPSA) is 41.0 Å². The van der Waals surface area contributed by atoms with Gasteiger partial charge in [0.25, 0.3) is 6.43 Å². The third-order valence-corrected chi connectivity index (χ3v) is 2.39. The van der Waals surface area contributed by atoms with Crippen molar-refractivity contribution in [2.75, 3.05) is 34.8 Å². The minimum atomic E-state index is -2.52. The van der Waals surface area contributed by atoms with Crippen molar-refractivity contribution in [3.63, 3.8) is 0 Å². The average Bonchev–Trinajstić information content (AvgIpc) is 2.36. The molecule has 1 aromatic rings. The average molecular weight is 414 g/mol. The van der Waals surface area contributed by atoms with E-state index in [9.17, 15) is 8.78 Å². The van der Waals surface area contributed by atoms with Crippen LogP contribution >= 0.6 is 24.0 Å². The molecule has 1 heterocycles. The van der Waals surface area contributed by atoms with Gasteiger partial charge in [-0.3, -0.25) is 0 Å². The molecule has 0 saturated carbocycles. The van der Waals surface area contributed by atoms with E-state index >= 15 is 0 Å². The zero-order valence-electron chi connectivity index (χ0n) is 12.6. The largest absolute Gasteiger partial charge is 0.471 e. The molecule has 0 saturated heterocycles. The number of nitrogens with zero attached hydrogens (tertiary/aromatic N) is 4. The number of hydrogen-bond acceptors (Lipinski definition) is 3. The number of pyridine rings is 1. The highest BCUT2D eigenvalue weighted by molar-refractivity contribution is 14.0. The second-order valence-corrected chi connectivity index (χ2v) is 4.57. The standard InChI is InChI=1S/C13H20F2N4O.HI/c1-18(2)13(19(3)4)17-8-10-6-5-7-16-12(10)20-9-11(14)15;/h5-7,11H,8-9H2,1-4H3;1H. The monoisotopic (exact) mass is 414 g/mol. The third-order valence-electron chi connectivity index (χ3n) is 2.39. The van der Waals surface area contributed by atoms with Gasteiger partial charge in [-0.05, 0) is 6.07 Å². The normalized spacial score (nSPS) is 9.86. The SMILES string of the molecule is CN(C)C(=NCc1cccnc1OCC(F)F)N(C)C.I. The number of hydrogen-bond donors (Lipinski definition) is 0. The number of ether oxygens (including phenoxy) is 1. The first-order valence-electron chi connectivity index (χ1n) is 6.15. The Kier molecular flexibility index (Phi) is 9.14. The van der Waals surface area contributed by atoms with Gasteiger partial charge in [-0.25, -0.2) is 18.8 Å². The van der Waals surface area contributed by atoms with E-state index < -0.39 is 13.0 Å². The lowest BCUT2D eigenvalue weighted by Gasteiger charge is -2.22. The van der Waals surface area contributed by atoms with Gasteiger partial charge in [-0.2, -0.15) is 0 Å². The Hall–Kier alpha value is -1.19. The molecule has 120 valence electrons. The maximum atomic E-state index is 12.2. The minimum absolute atomic E-state index is 0. The zero-order chi connectivity index (χ0) is 15.1. The van der Waals surface area contributed by atoms with Crippen molar-refractivity contribution in [2.45, 2.75) is 13.0 Å². The summed E-state index contributed by atoms with van der Waals surface area (Å²) in [6, 6.07) is 3.49. The van der Waals surface area contributed by atoms with Gasteiger partial charge in [-0.1, -0.05) is 6.07 Å². The molecule has 8 heteroatoms. The van der Waals surface area contributed by atoms with Crippen LogP contribution in [0.4, 0.5) is 8.78 Å². The highest BCUT2D eigenvalue weighted by Gasteiger charge is 2.10. The fourth-order valence-electron chi connectivity index (χ4n) is 1.66. The number of alkyl halides is 2. The molecule has 0 atom stereocenters. The quantitative estimate of drug-likeness (QED) is 0.422. The van der Waals surface area contributed by atoms with E-state index in [1.54, 1.807) is 12.1 Å². The number of rotatable bonds is 5. The molecule has 0 bridgehead atoms. The van der Waals surface area contributed by atoms with Crippen molar-refractivity contribution < 1.29 is 13.5 Å². The summed E-state index contributed by atoms with van der Waals surface area (Å²) in [6.07, 6.45) is -1.01. The molecule has 0 spiro atoms. The smallest absolute Gasteiger partial charge is 0.272 e. The van der Waals surface area contributed by atoms with Crippen LogP contribution in [0, 0.1) is 0 Å². The first-order valence-corrected chi connectivity index (χ1v) is 6.15. The lowest BCUT2D eigenvalue weighted by atomic mass is 10.3. The molecule has 5 nitrogen and oxygen atoms in total. The van der Waals surface area contributed by atoms with E-state index in [1.807, 2.05) is 38.0 Å². The van der Waals surface area contributed by atoms with Crippen LogP contribution in [0.25, 0.3) is 0 Å². The first-order chi connectivity index (χ1) is 9.41. The first kappa shape index (κ1) is 19.8. The maximum Gasteiger partial charge on any atom is 0.272 e.